The van der Waals surface area contributed by atoms with Crippen LogP contribution in [0.5, 0.6) is 0 Å². The van der Waals surface area contributed by atoms with Crippen LogP contribution in [0.15, 0.2) is 15.9 Å². The first kappa shape index (κ1) is 13.0. The number of carboxylic acids is 1. The number of rotatable bonds is 4. The predicted octanol–water partition coefficient (Wildman–Crippen LogP) is -1.74. The first-order valence-corrected chi connectivity index (χ1v) is 5.47. The number of aromatic amines is 1. The number of imidazole rings is 1. The number of carboxylic acid groups (broad SMARTS) is 1. The maximum Gasteiger partial charge on any atom is 0.332 e. The lowest BCUT2D eigenvalue weighted by Crippen LogP contribution is -2.40. The number of aryl methyl sites for hydroxylation is 1. The highest BCUT2D eigenvalue weighted by Gasteiger charge is 2.17. The Balaban J connectivity index is 2.46. The van der Waals surface area contributed by atoms with Gasteiger partial charge in [0.05, 0.1) is 6.33 Å². The van der Waals surface area contributed by atoms with Crippen molar-refractivity contribution in [3.8, 4) is 0 Å². The SMILES string of the molecule is Cn1c(=O)n(CCC(O)C(=O)O)c(=O)c2[nH]cnc21. The maximum absolute atomic E-state index is 12.0. The van der Waals surface area contributed by atoms with E-state index in [1.165, 1.54) is 17.9 Å². The van der Waals surface area contributed by atoms with Crippen LogP contribution in [0.1, 0.15) is 6.42 Å². The molecule has 0 amide bonds. The normalized spacial score (nSPS) is 12.7. The minimum Gasteiger partial charge on any atom is -0.479 e. The molecule has 1 atom stereocenters. The van der Waals surface area contributed by atoms with Gasteiger partial charge < -0.3 is 15.2 Å². The zero-order valence-electron chi connectivity index (χ0n) is 10.0. The monoisotopic (exact) mass is 268 g/mol. The zero-order valence-corrected chi connectivity index (χ0v) is 10.0. The van der Waals surface area contributed by atoms with Gasteiger partial charge in [0.2, 0.25) is 0 Å². The third-order valence-corrected chi connectivity index (χ3v) is 2.83. The lowest BCUT2D eigenvalue weighted by atomic mass is 10.2. The minimum atomic E-state index is -1.62. The summed E-state index contributed by atoms with van der Waals surface area (Å²) < 4.78 is 2.05. The number of carbonyl (C=O) groups is 1. The van der Waals surface area contributed by atoms with Crippen LogP contribution >= 0.6 is 0 Å². The molecule has 0 saturated heterocycles. The van der Waals surface area contributed by atoms with Crippen molar-refractivity contribution in [3.63, 3.8) is 0 Å². The van der Waals surface area contributed by atoms with E-state index in [1.54, 1.807) is 0 Å². The van der Waals surface area contributed by atoms with Crippen LogP contribution in [0.2, 0.25) is 0 Å². The Labute approximate surface area is 105 Å². The summed E-state index contributed by atoms with van der Waals surface area (Å²) in [5.74, 6) is -1.40. The van der Waals surface area contributed by atoms with Gasteiger partial charge in [-0.1, -0.05) is 0 Å². The Morgan fingerprint density at radius 1 is 1.53 bits per heavy atom. The Bertz CT molecular complexity index is 740. The highest BCUT2D eigenvalue weighted by Crippen LogP contribution is 2.00. The number of hydrogen-bond acceptors (Lipinski definition) is 5. The number of nitrogens with zero attached hydrogens (tertiary/aromatic N) is 3. The first-order valence-electron chi connectivity index (χ1n) is 5.47. The highest BCUT2D eigenvalue weighted by molar-refractivity contribution is 5.71. The fourth-order valence-electron chi connectivity index (χ4n) is 1.76. The molecule has 2 rings (SSSR count). The average Bonchev–Trinajstić information content (AvgIpc) is 2.85. The summed E-state index contributed by atoms with van der Waals surface area (Å²) in [6, 6.07) is 0. The molecule has 2 aromatic heterocycles. The summed E-state index contributed by atoms with van der Waals surface area (Å²) in [5, 5.41) is 17.7. The molecule has 2 aromatic rings. The van der Waals surface area contributed by atoms with E-state index in [-0.39, 0.29) is 24.1 Å². The molecule has 19 heavy (non-hydrogen) atoms. The summed E-state index contributed by atoms with van der Waals surface area (Å²) in [4.78, 5) is 40.9. The number of hydrogen-bond donors (Lipinski definition) is 3. The van der Waals surface area contributed by atoms with E-state index in [0.29, 0.717) is 0 Å². The lowest BCUT2D eigenvalue weighted by molar-refractivity contribution is -0.147. The molecule has 0 radical (unpaired) electrons. The summed E-state index contributed by atoms with van der Waals surface area (Å²) in [6.07, 6.45) is -0.555. The van der Waals surface area contributed by atoms with Gasteiger partial charge in [0.15, 0.2) is 11.8 Å². The van der Waals surface area contributed by atoms with E-state index in [1.807, 2.05) is 0 Å². The van der Waals surface area contributed by atoms with Gasteiger partial charge in [0, 0.05) is 20.0 Å². The molecule has 102 valence electrons. The third-order valence-electron chi connectivity index (χ3n) is 2.83. The van der Waals surface area contributed by atoms with Gasteiger partial charge >= 0.3 is 11.7 Å². The standard InChI is InChI=1S/C10H12N4O5/c1-13-7-6(11-4-12-7)8(16)14(10(13)19)3-2-5(15)9(17)18/h4-5,15H,2-3H2,1H3,(H,11,12)(H,17,18). The first-order chi connectivity index (χ1) is 8.93. The van der Waals surface area contributed by atoms with Gasteiger partial charge in [0.25, 0.3) is 5.56 Å². The molecule has 2 heterocycles. The van der Waals surface area contributed by atoms with Crippen molar-refractivity contribution in [2.75, 3.05) is 0 Å². The Morgan fingerprint density at radius 3 is 2.84 bits per heavy atom. The number of aromatic nitrogens is 4. The van der Waals surface area contributed by atoms with Crippen molar-refractivity contribution in [2.45, 2.75) is 19.1 Å². The van der Waals surface area contributed by atoms with Crippen molar-refractivity contribution in [3.05, 3.63) is 27.2 Å². The summed E-state index contributed by atoms with van der Waals surface area (Å²) in [5.41, 5.74) is -0.813. The van der Waals surface area contributed by atoms with Gasteiger partial charge in [0.1, 0.15) is 5.52 Å². The molecule has 3 N–H and O–H groups in total. The predicted molar refractivity (Wildman–Crippen MR) is 63.9 cm³/mol. The second-order valence-electron chi connectivity index (χ2n) is 4.04. The topological polar surface area (TPSA) is 130 Å². The summed E-state index contributed by atoms with van der Waals surface area (Å²) in [7, 11) is 1.45. The number of aliphatic carboxylic acids is 1. The molecule has 0 aliphatic carbocycles. The second-order valence-corrected chi connectivity index (χ2v) is 4.04. The number of aliphatic hydroxyl groups is 1. The van der Waals surface area contributed by atoms with Crippen LogP contribution in [0, 0.1) is 0 Å². The van der Waals surface area contributed by atoms with Gasteiger partial charge in [-0.2, -0.15) is 0 Å². The van der Waals surface area contributed by atoms with Crippen LogP contribution in [0.4, 0.5) is 0 Å². The van der Waals surface area contributed by atoms with Gasteiger partial charge in [-0.15, -0.1) is 0 Å². The molecule has 9 heteroatoms. The van der Waals surface area contributed by atoms with Crippen LogP contribution in [0.25, 0.3) is 11.2 Å². The maximum atomic E-state index is 12.0. The Kier molecular flexibility index (Phi) is 3.21. The van der Waals surface area contributed by atoms with Gasteiger partial charge in [-0.05, 0) is 0 Å². The van der Waals surface area contributed by atoms with Crippen molar-refractivity contribution in [1.29, 1.82) is 0 Å². The number of H-pyrrole nitrogens is 1. The van der Waals surface area contributed by atoms with E-state index >= 15 is 0 Å². The van der Waals surface area contributed by atoms with E-state index in [0.717, 1.165) is 4.57 Å². The molecular weight excluding hydrogens is 256 g/mol. The average molecular weight is 268 g/mol. The highest BCUT2D eigenvalue weighted by atomic mass is 16.4. The molecule has 0 spiro atoms. The number of nitrogens with one attached hydrogen (secondary N) is 1. The molecule has 0 bridgehead atoms. The molecule has 0 aliphatic heterocycles. The van der Waals surface area contributed by atoms with Crippen LogP contribution in [-0.4, -0.2) is 41.4 Å². The Hall–Kier alpha value is -2.42. The molecule has 0 saturated carbocycles. The summed E-state index contributed by atoms with van der Waals surface area (Å²) in [6.45, 7) is -0.187. The van der Waals surface area contributed by atoms with Gasteiger partial charge in [-0.3, -0.25) is 13.9 Å². The molecular formula is C10H12N4O5. The zero-order chi connectivity index (χ0) is 14.2. The molecule has 9 nitrogen and oxygen atoms in total. The number of aliphatic hydroxyl groups excluding tert-OH is 1. The molecule has 0 aromatic carbocycles. The minimum absolute atomic E-state index is 0.159. The molecule has 1 unspecified atom stereocenters. The third kappa shape index (κ3) is 2.15. The lowest BCUT2D eigenvalue weighted by Gasteiger charge is -2.09. The number of fused-ring (bicyclic) bond motifs is 1. The van der Waals surface area contributed by atoms with Crippen molar-refractivity contribution in [1.82, 2.24) is 19.1 Å². The van der Waals surface area contributed by atoms with Crippen molar-refractivity contribution < 1.29 is 15.0 Å². The second kappa shape index (κ2) is 4.69. The molecule has 0 aliphatic rings. The van der Waals surface area contributed by atoms with Crippen LogP contribution in [0.3, 0.4) is 0 Å². The quantitative estimate of drug-likeness (QED) is 0.603. The van der Waals surface area contributed by atoms with Gasteiger partial charge in [-0.25, -0.2) is 14.6 Å². The van der Waals surface area contributed by atoms with Crippen LogP contribution in [-0.2, 0) is 18.4 Å². The van der Waals surface area contributed by atoms with E-state index < -0.39 is 23.3 Å². The summed E-state index contributed by atoms with van der Waals surface area (Å²) >= 11 is 0. The van der Waals surface area contributed by atoms with Crippen molar-refractivity contribution in [2.24, 2.45) is 7.05 Å². The van der Waals surface area contributed by atoms with E-state index in [4.69, 9.17) is 10.2 Å². The van der Waals surface area contributed by atoms with Crippen LogP contribution < -0.4 is 11.2 Å². The van der Waals surface area contributed by atoms with Crippen molar-refractivity contribution >= 4 is 17.1 Å². The molecule has 0 fully saturated rings. The fourth-order valence-corrected chi connectivity index (χ4v) is 1.76. The largest absolute Gasteiger partial charge is 0.479 e. The fraction of sp³-hybridized carbons (Fsp3) is 0.400. The Morgan fingerprint density at radius 2 is 2.21 bits per heavy atom. The smallest absolute Gasteiger partial charge is 0.332 e. The van der Waals surface area contributed by atoms with E-state index in [2.05, 4.69) is 9.97 Å². The van der Waals surface area contributed by atoms with E-state index in [9.17, 15) is 14.4 Å².